The Hall–Kier alpha value is -5.90. The van der Waals surface area contributed by atoms with Crippen molar-refractivity contribution in [3.63, 3.8) is 0 Å². The summed E-state index contributed by atoms with van der Waals surface area (Å²) in [6.07, 6.45) is 4.03. The number of benzene rings is 4. The lowest BCUT2D eigenvalue weighted by molar-refractivity contribution is 0.0735. The largest absolute Gasteiger partial charge is 0.493 e. The zero-order valence-corrected chi connectivity index (χ0v) is 27.4. The fraction of sp³-hybridized carbons (Fsp3) is 0.205. The van der Waals surface area contributed by atoms with Crippen molar-refractivity contribution in [1.82, 2.24) is 9.88 Å². The second kappa shape index (κ2) is 13.3. The monoisotopic (exact) mass is 658 g/mol. The van der Waals surface area contributed by atoms with Gasteiger partial charge in [-0.05, 0) is 89.6 Å². The number of methoxy groups -OCH3 is 3. The number of pyridine rings is 1. The van der Waals surface area contributed by atoms with E-state index in [0.717, 1.165) is 50.8 Å². The number of hydrogen-bond acceptors (Lipinski definition) is 6. The molecule has 2 heterocycles. The zero-order valence-electron chi connectivity index (χ0n) is 27.4. The highest BCUT2D eigenvalue weighted by molar-refractivity contribution is 6.09. The normalized spacial score (nSPS) is 14.3. The van der Waals surface area contributed by atoms with Crippen LogP contribution >= 0.6 is 0 Å². The zero-order chi connectivity index (χ0) is 34.1. The van der Waals surface area contributed by atoms with Crippen molar-refractivity contribution in [2.45, 2.75) is 25.8 Å². The van der Waals surface area contributed by atoms with Crippen LogP contribution in [0.3, 0.4) is 0 Å². The van der Waals surface area contributed by atoms with Crippen LogP contribution in [0.4, 0.5) is 20.6 Å². The smallest absolute Gasteiger partial charge is 0.323 e. The van der Waals surface area contributed by atoms with Crippen LogP contribution in [0.5, 0.6) is 17.2 Å². The molecule has 10 heteroatoms. The van der Waals surface area contributed by atoms with Crippen molar-refractivity contribution in [2.24, 2.45) is 0 Å². The van der Waals surface area contributed by atoms with Gasteiger partial charge in [0.2, 0.25) is 5.75 Å². The van der Waals surface area contributed by atoms with Crippen molar-refractivity contribution in [1.29, 1.82) is 0 Å². The topological polar surface area (TPSA) is 102 Å². The number of carbonyl (C=O) groups is 2. The number of amides is 3. The lowest BCUT2D eigenvalue weighted by atomic mass is 9.95. The minimum Gasteiger partial charge on any atom is -0.493 e. The summed E-state index contributed by atoms with van der Waals surface area (Å²) in [6, 6.07) is 22.7. The van der Waals surface area contributed by atoms with Gasteiger partial charge in [0.1, 0.15) is 5.82 Å². The SMILES string of the molecule is COc1cc(/C=C2\CCc3c2nc2ccccc2c3C(=O)N2CCc3c(cccc3NC(=O)Nc3ccccc3F)C2)cc(OC)c1OC. The van der Waals surface area contributed by atoms with Gasteiger partial charge < -0.3 is 29.7 Å². The molecule has 0 saturated heterocycles. The molecule has 0 bridgehead atoms. The van der Waals surface area contributed by atoms with Crippen molar-refractivity contribution >= 4 is 45.9 Å². The van der Waals surface area contributed by atoms with E-state index in [2.05, 4.69) is 16.7 Å². The van der Waals surface area contributed by atoms with Crippen molar-refractivity contribution < 1.29 is 28.2 Å². The number of rotatable bonds is 7. The number of ether oxygens (including phenoxy) is 3. The standard InChI is InChI=1S/C39H35FN4O5/c1-47-33-20-23(21-34(48-2)37(33)49-3)19-24-15-16-28-35(27-10-4-6-12-31(27)41-36(24)28)38(45)44-18-17-26-25(22-44)9-8-14-30(26)42-39(46)43-32-13-7-5-11-29(32)40/h4-14,19-21H,15-18,22H2,1-3H3,(H2,42,43,46)/b24-19+. The molecule has 0 radical (unpaired) electrons. The third kappa shape index (κ3) is 6.01. The number of allylic oxidation sites excluding steroid dienone is 1. The summed E-state index contributed by atoms with van der Waals surface area (Å²) < 4.78 is 30.7. The molecule has 49 heavy (non-hydrogen) atoms. The Labute approximate surface area is 283 Å². The van der Waals surface area contributed by atoms with E-state index in [1.165, 1.54) is 12.1 Å². The van der Waals surface area contributed by atoms with E-state index in [1.54, 1.807) is 33.5 Å². The van der Waals surface area contributed by atoms with Gasteiger partial charge in [0, 0.05) is 24.2 Å². The van der Waals surface area contributed by atoms with Crippen molar-refractivity contribution in [2.75, 3.05) is 38.5 Å². The molecular formula is C39H35FN4O5. The van der Waals surface area contributed by atoms with Gasteiger partial charge in [-0.25, -0.2) is 14.2 Å². The average Bonchev–Trinajstić information content (AvgIpc) is 3.52. The van der Waals surface area contributed by atoms with Gasteiger partial charge in [0.15, 0.2) is 11.5 Å². The first-order chi connectivity index (χ1) is 23.9. The third-order valence-corrected chi connectivity index (χ3v) is 9.11. The third-order valence-electron chi connectivity index (χ3n) is 9.11. The molecule has 2 aliphatic rings. The predicted octanol–water partition coefficient (Wildman–Crippen LogP) is 7.73. The van der Waals surface area contributed by atoms with Crippen LogP contribution in [0.25, 0.3) is 22.6 Å². The first-order valence-corrected chi connectivity index (χ1v) is 16.0. The van der Waals surface area contributed by atoms with Gasteiger partial charge in [0.25, 0.3) is 5.91 Å². The van der Waals surface area contributed by atoms with E-state index >= 15 is 0 Å². The molecule has 4 aromatic carbocycles. The molecule has 0 atom stereocenters. The van der Waals surface area contributed by atoms with Crippen molar-refractivity contribution in [3.8, 4) is 17.2 Å². The molecule has 0 spiro atoms. The van der Waals surface area contributed by atoms with Crippen LogP contribution in [-0.4, -0.2) is 49.7 Å². The van der Waals surface area contributed by atoms with E-state index in [-0.39, 0.29) is 11.6 Å². The summed E-state index contributed by atoms with van der Waals surface area (Å²) in [6.45, 7) is 0.858. The maximum Gasteiger partial charge on any atom is 0.323 e. The number of carbonyl (C=O) groups excluding carboxylic acids is 2. The van der Waals surface area contributed by atoms with Gasteiger partial charge in [-0.15, -0.1) is 0 Å². The number of para-hydroxylation sites is 2. The molecule has 7 rings (SSSR count). The van der Waals surface area contributed by atoms with Gasteiger partial charge in [0.05, 0.1) is 43.8 Å². The van der Waals surface area contributed by atoms with Gasteiger partial charge in [-0.1, -0.05) is 42.5 Å². The Morgan fingerprint density at radius 1 is 0.816 bits per heavy atom. The number of aromatic nitrogens is 1. The summed E-state index contributed by atoms with van der Waals surface area (Å²) in [5, 5.41) is 6.27. The number of fused-ring (bicyclic) bond motifs is 3. The molecule has 3 amide bonds. The van der Waals surface area contributed by atoms with Gasteiger partial charge in [-0.3, -0.25) is 4.79 Å². The van der Waals surface area contributed by atoms with E-state index in [9.17, 15) is 14.0 Å². The summed E-state index contributed by atoms with van der Waals surface area (Å²) in [7, 11) is 4.75. The Morgan fingerprint density at radius 2 is 1.53 bits per heavy atom. The van der Waals surface area contributed by atoms with Crippen molar-refractivity contribution in [3.05, 3.63) is 118 Å². The van der Waals surface area contributed by atoms with Gasteiger partial charge >= 0.3 is 6.03 Å². The first kappa shape index (κ1) is 31.7. The Bertz CT molecular complexity index is 2120. The summed E-state index contributed by atoms with van der Waals surface area (Å²) in [5.74, 6) is 1.08. The van der Waals surface area contributed by atoms with E-state index in [0.29, 0.717) is 54.4 Å². The molecule has 0 saturated carbocycles. The molecule has 0 unspecified atom stereocenters. The fourth-order valence-corrected chi connectivity index (χ4v) is 6.81. The van der Waals surface area contributed by atoms with E-state index < -0.39 is 11.8 Å². The molecule has 0 fully saturated rings. The molecular weight excluding hydrogens is 623 g/mol. The average molecular weight is 659 g/mol. The highest BCUT2D eigenvalue weighted by Crippen LogP contribution is 2.42. The Balaban J connectivity index is 1.19. The molecule has 1 aliphatic carbocycles. The highest BCUT2D eigenvalue weighted by Gasteiger charge is 2.31. The molecule has 248 valence electrons. The molecule has 1 aromatic heterocycles. The van der Waals surface area contributed by atoms with Crippen LogP contribution in [0, 0.1) is 5.82 Å². The molecule has 9 nitrogen and oxygen atoms in total. The fourth-order valence-electron chi connectivity index (χ4n) is 6.81. The number of nitrogens with one attached hydrogen (secondary N) is 2. The summed E-state index contributed by atoms with van der Waals surface area (Å²) in [4.78, 5) is 34.2. The predicted molar refractivity (Wildman–Crippen MR) is 188 cm³/mol. The van der Waals surface area contributed by atoms with Crippen LogP contribution in [0.1, 0.15) is 44.7 Å². The number of anilines is 2. The van der Waals surface area contributed by atoms with Crippen LogP contribution in [-0.2, 0) is 19.4 Å². The molecule has 1 aliphatic heterocycles. The lowest BCUT2D eigenvalue weighted by Crippen LogP contribution is -2.37. The highest BCUT2D eigenvalue weighted by atomic mass is 19.1. The number of nitrogens with zero attached hydrogens (tertiary/aromatic N) is 2. The number of urea groups is 1. The van der Waals surface area contributed by atoms with Crippen LogP contribution in [0.15, 0.2) is 78.9 Å². The minimum absolute atomic E-state index is 0.0507. The number of halogens is 1. The minimum atomic E-state index is -0.536. The second-order valence-corrected chi connectivity index (χ2v) is 11.9. The van der Waals surface area contributed by atoms with Crippen LogP contribution < -0.4 is 24.8 Å². The molecule has 5 aromatic rings. The molecule has 2 N–H and O–H groups in total. The summed E-state index contributed by atoms with van der Waals surface area (Å²) >= 11 is 0. The maximum atomic E-state index is 14.5. The second-order valence-electron chi connectivity index (χ2n) is 11.9. The maximum absolute atomic E-state index is 14.5. The Kier molecular flexibility index (Phi) is 8.61. The Morgan fingerprint density at radius 3 is 2.29 bits per heavy atom. The van der Waals surface area contributed by atoms with Crippen LogP contribution in [0.2, 0.25) is 0 Å². The summed E-state index contributed by atoms with van der Waals surface area (Å²) in [5.41, 5.74) is 7.72. The van der Waals surface area contributed by atoms with E-state index in [4.69, 9.17) is 19.2 Å². The quantitative estimate of drug-likeness (QED) is 0.186. The van der Waals surface area contributed by atoms with E-state index in [1.807, 2.05) is 59.5 Å². The first-order valence-electron chi connectivity index (χ1n) is 16.0. The number of hydrogen-bond donors (Lipinski definition) is 2. The van der Waals surface area contributed by atoms with Gasteiger partial charge in [-0.2, -0.15) is 0 Å². The lowest BCUT2D eigenvalue weighted by Gasteiger charge is -2.31.